The van der Waals surface area contributed by atoms with Gasteiger partial charge < -0.3 is 5.32 Å². The van der Waals surface area contributed by atoms with Crippen molar-refractivity contribution in [1.29, 1.82) is 0 Å². The molecule has 1 aromatic heterocycles. The summed E-state index contributed by atoms with van der Waals surface area (Å²) in [5.41, 5.74) is 0. The van der Waals surface area contributed by atoms with E-state index in [1.807, 2.05) is 0 Å². The van der Waals surface area contributed by atoms with Gasteiger partial charge in [0.1, 0.15) is 6.33 Å². The minimum absolute atomic E-state index is 0.0814. The van der Waals surface area contributed by atoms with Crippen molar-refractivity contribution in [2.45, 2.75) is 5.92 Å². The van der Waals surface area contributed by atoms with Crippen LogP contribution in [0.15, 0.2) is 6.33 Å². The van der Waals surface area contributed by atoms with Crippen molar-refractivity contribution < 1.29 is 9.59 Å². The summed E-state index contributed by atoms with van der Waals surface area (Å²) in [4.78, 5) is 25.9. The number of nitrogens with zero attached hydrogens (tertiary/aromatic N) is 2. The van der Waals surface area contributed by atoms with E-state index in [-0.39, 0.29) is 24.1 Å². The third kappa shape index (κ3) is 0.884. The molecular formula is C6H6N4O2. The van der Waals surface area contributed by atoms with Crippen LogP contribution in [-0.2, 0) is 9.59 Å². The van der Waals surface area contributed by atoms with Crippen LogP contribution in [0.5, 0.6) is 0 Å². The van der Waals surface area contributed by atoms with Crippen LogP contribution in [0, 0.1) is 0 Å². The first kappa shape index (κ1) is 6.96. The standard InChI is InChI=1S/C6H6N4O2/c11-3-1-7-6(12)4(3)5-8-2-9-10-5/h2,4H,1H2,(H,7,12)(H,8,9,10). The van der Waals surface area contributed by atoms with Gasteiger partial charge in [-0.3, -0.25) is 14.7 Å². The number of carbonyl (C=O) groups excluding carboxylic acids is 2. The molecule has 2 N–H and O–H groups in total. The Kier molecular flexibility index (Phi) is 1.39. The molecule has 6 heteroatoms. The molecule has 1 saturated heterocycles. The topological polar surface area (TPSA) is 87.7 Å². The molecule has 1 unspecified atom stereocenters. The average Bonchev–Trinajstić information content (AvgIpc) is 2.61. The van der Waals surface area contributed by atoms with Gasteiger partial charge in [0.25, 0.3) is 0 Å². The Morgan fingerprint density at radius 2 is 2.33 bits per heavy atom. The lowest BCUT2D eigenvalue weighted by molar-refractivity contribution is -0.124. The first-order chi connectivity index (χ1) is 5.79. The lowest BCUT2D eigenvalue weighted by atomic mass is 10.1. The van der Waals surface area contributed by atoms with E-state index in [0.29, 0.717) is 0 Å². The van der Waals surface area contributed by atoms with Gasteiger partial charge in [0.05, 0.1) is 6.54 Å². The zero-order valence-electron chi connectivity index (χ0n) is 6.07. The number of hydrogen-bond acceptors (Lipinski definition) is 4. The van der Waals surface area contributed by atoms with Crippen LogP contribution in [0.3, 0.4) is 0 Å². The molecule has 2 heterocycles. The number of aromatic nitrogens is 3. The highest BCUT2D eigenvalue weighted by atomic mass is 16.2. The van der Waals surface area contributed by atoms with E-state index < -0.39 is 5.92 Å². The van der Waals surface area contributed by atoms with Crippen LogP contribution in [0.25, 0.3) is 0 Å². The van der Waals surface area contributed by atoms with Crippen LogP contribution >= 0.6 is 0 Å². The first-order valence-electron chi connectivity index (χ1n) is 3.45. The summed E-state index contributed by atoms with van der Waals surface area (Å²) in [5, 5.41) is 8.56. The number of aromatic amines is 1. The molecule has 1 amide bonds. The number of Topliss-reactive ketones (excluding diaryl/α,β-unsaturated/α-hetero) is 1. The molecule has 1 fully saturated rings. The van der Waals surface area contributed by atoms with Crippen LogP contribution in [0.1, 0.15) is 11.7 Å². The molecule has 1 aromatic rings. The summed E-state index contributed by atoms with van der Waals surface area (Å²) in [6.45, 7) is 0.0814. The highest BCUT2D eigenvalue weighted by molar-refractivity contribution is 6.12. The summed E-state index contributed by atoms with van der Waals surface area (Å²) in [7, 11) is 0. The third-order valence-electron chi connectivity index (χ3n) is 1.71. The fourth-order valence-corrected chi connectivity index (χ4v) is 1.14. The van der Waals surface area contributed by atoms with Crippen molar-refractivity contribution in [2.75, 3.05) is 6.54 Å². The number of ketones is 1. The van der Waals surface area contributed by atoms with Gasteiger partial charge in [-0.25, -0.2) is 4.98 Å². The fourth-order valence-electron chi connectivity index (χ4n) is 1.14. The molecule has 2 rings (SSSR count). The smallest absolute Gasteiger partial charge is 0.238 e. The predicted molar refractivity (Wildman–Crippen MR) is 37.1 cm³/mol. The highest BCUT2D eigenvalue weighted by Crippen LogP contribution is 2.15. The molecule has 0 aliphatic carbocycles. The minimum atomic E-state index is -0.809. The fraction of sp³-hybridized carbons (Fsp3) is 0.333. The number of carbonyl (C=O) groups is 2. The SMILES string of the molecule is O=C1CNC(=O)C1c1nc[nH]n1. The minimum Gasteiger partial charge on any atom is -0.348 e. The molecule has 0 spiro atoms. The van der Waals surface area contributed by atoms with E-state index in [2.05, 4.69) is 20.5 Å². The van der Waals surface area contributed by atoms with Crippen molar-refractivity contribution in [3.63, 3.8) is 0 Å². The summed E-state index contributed by atoms with van der Waals surface area (Å²) in [6.07, 6.45) is 1.34. The lowest BCUT2D eigenvalue weighted by Gasteiger charge is -1.96. The molecule has 12 heavy (non-hydrogen) atoms. The molecular weight excluding hydrogens is 160 g/mol. The number of hydrogen-bond donors (Lipinski definition) is 2. The molecule has 1 aliphatic rings. The van der Waals surface area contributed by atoms with Gasteiger partial charge in [-0.05, 0) is 0 Å². The molecule has 6 nitrogen and oxygen atoms in total. The summed E-state index contributed by atoms with van der Waals surface area (Å²) in [5.74, 6) is -1.06. The Bertz CT molecular complexity index is 302. The number of H-pyrrole nitrogens is 1. The van der Waals surface area contributed by atoms with Crippen molar-refractivity contribution >= 4 is 11.7 Å². The Morgan fingerprint density at radius 3 is 2.83 bits per heavy atom. The second-order valence-corrected chi connectivity index (χ2v) is 2.47. The van der Waals surface area contributed by atoms with Crippen LogP contribution in [0.2, 0.25) is 0 Å². The maximum atomic E-state index is 11.1. The molecule has 62 valence electrons. The van der Waals surface area contributed by atoms with Crippen molar-refractivity contribution in [1.82, 2.24) is 20.5 Å². The van der Waals surface area contributed by atoms with Gasteiger partial charge in [-0.1, -0.05) is 0 Å². The summed E-state index contributed by atoms with van der Waals surface area (Å²) >= 11 is 0. The van der Waals surface area contributed by atoms with Crippen LogP contribution < -0.4 is 5.32 Å². The van der Waals surface area contributed by atoms with Crippen molar-refractivity contribution in [2.24, 2.45) is 0 Å². The van der Waals surface area contributed by atoms with Gasteiger partial charge in [-0.15, -0.1) is 0 Å². The molecule has 0 saturated carbocycles. The van der Waals surface area contributed by atoms with E-state index in [9.17, 15) is 9.59 Å². The number of nitrogens with one attached hydrogen (secondary N) is 2. The second kappa shape index (κ2) is 2.40. The van der Waals surface area contributed by atoms with Gasteiger partial charge >= 0.3 is 0 Å². The molecule has 1 atom stereocenters. The lowest BCUT2D eigenvalue weighted by Crippen LogP contribution is -2.19. The van der Waals surface area contributed by atoms with Gasteiger partial charge in [0, 0.05) is 0 Å². The van der Waals surface area contributed by atoms with E-state index in [0.717, 1.165) is 0 Å². The van der Waals surface area contributed by atoms with E-state index in [4.69, 9.17) is 0 Å². The Balaban J connectivity index is 2.34. The summed E-state index contributed by atoms with van der Waals surface area (Å²) < 4.78 is 0. The number of amides is 1. The number of rotatable bonds is 1. The quantitative estimate of drug-likeness (QED) is 0.501. The third-order valence-corrected chi connectivity index (χ3v) is 1.71. The largest absolute Gasteiger partial charge is 0.348 e. The Labute approximate surface area is 67.4 Å². The van der Waals surface area contributed by atoms with Crippen LogP contribution in [0.4, 0.5) is 0 Å². The highest BCUT2D eigenvalue weighted by Gasteiger charge is 2.36. The van der Waals surface area contributed by atoms with Gasteiger partial charge in [0.2, 0.25) is 5.91 Å². The molecule has 0 radical (unpaired) electrons. The Hall–Kier alpha value is -1.72. The molecule has 0 bridgehead atoms. The monoisotopic (exact) mass is 166 g/mol. The Morgan fingerprint density at radius 1 is 1.50 bits per heavy atom. The maximum absolute atomic E-state index is 11.1. The van der Waals surface area contributed by atoms with E-state index in [1.165, 1.54) is 6.33 Å². The zero-order chi connectivity index (χ0) is 8.55. The van der Waals surface area contributed by atoms with E-state index >= 15 is 0 Å². The normalized spacial score (nSPS) is 22.8. The summed E-state index contributed by atoms with van der Waals surface area (Å²) in [6, 6.07) is 0. The van der Waals surface area contributed by atoms with Crippen molar-refractivity contribution in [3.05, 3.63) is 12.2 Å². The van der Waals surface area contributed by atoms with Crippen LogP contribution in [-0.4, -0.2) is 33.4 Å². The maximum Gasteiger partial charge on any atom is 0.238 e. The first-order valence-corrected chi connectivity index (χ1v) is 3.45. The predicted octanol–water partition coefficient (Wildman–Crippen LogP) is -1.41. The molecule has 0 aromatic carbocycles. The van der Waals surface area contributed by atoms with E-state index in [1.54, 1.807) is 0 Å². The van der Waals surface area contributed by atoms with Crippen molar-refractivity contribution in [3.8, 4) is 0 Å². The van der Waals surface area contributed by atoms with Gasteiger partial charge in [-0.2, -0.15) is 5.10 Å². The molecule has 1 aliphatic heterocycles. The average molecular weight is 166 g/mol. The van der Waals surface area contributed by atoms with Gasteiger partial charge in [0.15, 0.2) is 17.5 Å². The zero-order valence-corrected chi connectivity index (χ0v) is 6.07. The second-order valence-electron chi connectivity index (χ2n) is 2.47.